The second-order valence-corrected chi connectivity index (χ2v) is 7.87. The van der Waals surface area contributed by atoms with Crippen LogP contribution >= 0.6 is 27.5 Å². The van der Waals surface area contributed by atoms with Gasteiger partial charge in [-0.3, -0.25) is 0 Å². The van der Waals surface area contributed by atoms with Gasteiger partial charge >= 0.3 is 0 Å². The van der Waals surface area contributed by atoms with Gasteiger partial charge in [-0.2, -0.15) is 0 Å². The molecule has 0 saturated heterocycles. The molecule has 1 saturated carbocycles. The number of nitrogens with two attached hydrogens (primary N) is 1. The third-order valence-corrected chi connectivity index (χ3v) is 4.96. The predicted octanol–water partition coefficient (Wildman–Crippen LogP) is 5.18. The number of benzene rings is 1. The van der Waals surface area contributed by atoms with Crippen LogP contribution in [0.15, 0.2) is 22.7 Å². The van der Waals surface area contributed by atoms with Gasteiger partial charge in [0.2, 0.25) is 0 Å². The maximum Gasteiger partial charge on any atom is 0.132 e. The van der Waals surface area contributed by atoms with Gasteiger partial charge in [0.05, 0.1) is 5.02 Å². The summed E-state index contributed by atoms with van der Waals surface area (Å²) in [6.07, 6.45) is 2.41. The summed E-state index contributed by atoms with van der Waals surface area (Å²) in [5.41, 5.74) is 8.20. The fraction of sp³-hybridized carbons (Fsp3) is 0.438. The lowest BCUT2D eigenvalue weighted by molar-refractivity contribution is 0.388. The van der Waals surface area contributed by atoms with Crippen LogP contribution < -0.4 is 5.73 Å². The predicted molar refractivity (Wildman–Crippen MR) is 91.8 cm³/mol. The fourth-order valence-corrected chi connectivity index (χ4v) is 3.12. The third-order valence-electron chi connectivity index (χ3n) is 3.75. The highest BCUT2D eigenvalue weighted by Gasteiger charge is 2.34. The van der Waals surface area contributed by atoms with E-state index in [9.17, 15) is 0 Å². The fourth-order valence-electron chi connectivity index (χ4n) is 2.63. The van der Waals surface area contributed by atoms with Gasteiger partial charge < -0.3 is 10.3 Å². The summed E-state index contributed by atoms with van der Waals surface area (Å²) < 4.78 is 3.04. The van der Waals surface area contributed by atoms with Gasteiger partial charge in [0.25, 0.3) is 0 Å². The summed E-state index contributed by atoms with van der Waals surface area (Å²) in [4.78, 5) is 4.85. The van der Waals surface area contributed by atoms with Crippen molar-refractivity contribution in [1.82, 2.24) is 9.55 Å². The summed E-state index contributed by atoms with van der Waals surface area (Å²) in [6, 6.07) is 5.81. The molecule has 0 aliphatic heterocycles. The zero-order valence-electron chi connectivity index (χ0n) is 12.5. The Morgan fingerprint density at radius 2 is 2.00 bits per heavy atom. The molecule has 5 heteroatoms. The van der Waals surface area contributed by atoms with Crippen LogP contribution in [0.4, 0.5) is 5.82 Å². The largest absolute Gasteiger partial charge is 0.383 e. The third kappa shape index (κ3) is 2.71. The van der Waals surface area contributed by atoms with Gasteiger partial charge in [0, 0.05) is 21.5 Å². The van der Waals surface area contributed by atoms with Crippen LogP contribution in [0.3, 0.4) is 0 Å². The normalized spacial score (nSPS) is 15.5. The quantitative estimate of drug-likeness (QED) is 0.793. The molecule has 21 heavy (non-hydrogen) atoms. The second kappa shape index (κ2) is 5.03. The van der Waals surface area contributed by atoms with E-state index in [0.29, 0.717) is 10.9 Å². The molecular weight excluding hydrogens is 350 g/mol. The number of hydrogen-bond donors (Lipinski definition) is 1. The van der Waals surface area contributed by atoms with Crippen molar-refractivity contribution < 1.29 is 0 Å². The zero-order chi connectivity index (χ0) is 15.4. The highest BCUT2D eigenvalue weighted by atomic mass is 79.9. The Bertz CT molecular complexity index is 696. The van der Waals surface area contributed by atoms with Gasteiger partial charge in [0.1, 0.15) is 17.3 Å². The molecular formula is C16H19BrClN3. The van der Waals surface area contributed by atoms with Gasteiger partial charge in [-0.15, -0.1) is 0 Å². The molecule has 112 valence electrons. The standard InChI is InChI=1S/C16H19BrClN3/c1-16(2,3)21-14(19)13(20-15(21)9-4-5-9)10-6-7-12(18)11(17)8-10/h6-9H,4-5,19H2,1-3H3. The number of halogens is 2. The first-order valence-electron chi connectivity index (χ1n) is 7.13. The number of aromatic nitrogens is 2. The van der Waals surface area contributed by atoms with Crippen LogP contribution in [0, 0.1) is 0 Å². The Morgan fingerprint density at radius 1 is 1.33 bits per heavy atom. The molecule has 0 unspecified atom stereocenters. The van der Waals surface area contributed by atoms with Crippen LogP contribution in [0.5, 0.6) is 0 Å². The van der Waals surface area contributed by atoms with E-state index in [2.05, 4.69) is 41.3 Å². The molecule has 1 fully saturated rings. The van der Waals surface area contributed by atoms with E-state index in [1.807, 2.05) is 18.2 Å². The van der Waals surface area contributed by atoms with Crippen molar-refractivity contribution in [2.24, 2.45) is 0 Å². The average Bonchev–Trinajstić information content (AvgIpc) is 3.15. The Hall–Kier alpha value is -1.00. The van der Waals surface area contributed by atoms with Crippen molar-refractivity contribution in [3.8, 4) is 11.3 Å². The Labute approximate surface area is 138 Å². The molecule has 1 heterocycles. The monoisotopic (exact) mass is 367 g/mol. The second-order valence-electron chi connectivity index (χ2n) is 6.61. The Morgan fingerprint density at radius 3 is 2.52 bits per heavy atom. The molecule has 0 atom stereocenters. The Kier molecular flexibility index (Phi) is 3.57. The zero-order valence-corrected chi connectivity index (χ0v) is 14.8. The van der Waals surface area contributed by atoms with E-state index in [4.69, 9.17) is 22.3 Å². The summed E-state index contributed by atoms with van der Waals surface area (Å²) in [5.74, 6) is 2.40. The van der Waals surface area contributed by atoms with Crippen molar-refractivity contribution in [2.45, 2.75) is 45.1 Å². The lowest BCUT2D eigenvalue weighted by Gasteiger charge is -2.25. The van der Waals surface area contributed by atoms with E-state index in [0.717, 1.165) is 27.4 Å². The molecule has 0 radical (unpaired) electrons. The first-order valence-corrected chi connectivity index (χ1v) is 8.30. The maximum absolute atomic E-state index is 6.43. The lowest BCUT2D eigenvalue weighted by Crippen LogP contribution is -2.25. The van der Waals surface area contributed by atoms with E-state index in [-0.39, 0.29) is 5.54 Å². The number of hydrogen-bond acceptors (Lipinski definition) is 2. The van der Waals surface area contributed by atoms with Crippen LogP contribution in [0.1, 0.15) is 45.4 Å². The molecule has 0 spiro atoms. The molecule has 3 nitrogen and oxygen atoms in total. The average molecular weight is 369 g/mol. The molecule has 0 amide bonds. The van der Waals surface area contributed by atoms with Gasteiger partial charge in [-0.25, -0.2) is 4.98 Å². The molecule has 3 rings (SSSR count). The molecule has 1 aromatic carbocycles. The lowest BCUT2D eigenvalue weighted by atomic mass is 10.1. The van der Waals surface area contributed by atoms with Crippen LogP contribution in [-0.4, -0.2) is 9.55 Å². The van der Waals surface area contributed by atoms with Gasteiger partial charge in [-0.1, -0.05) is 17.7 Å². The minimum atomic E-state index is -0.0725. The summed E-state index contributed by atoms with van der Waals surface area (Å²) >= 11 is 9.54. The van der Waals surface area contributed by atoms with Crippen molar-refractivity contribution >= 4 is 33.3 Å². The van der Waals surface area contributed by atoms with E-state index in [1.54, 1.807) is 0 Å². The summed E-state index contributed by atoms with van der Waals surface area (Å²) in [5, 5.41) is 0.690. The maximum atomic E-state index is 6.43. The van der Waals surface area contributed by atoms with Gasteiger partial charge in [0.15, 0.2) is 0 Å². The van der Waals surface area contributed by atoms with Crippen LogP contribution in [0.2, 0.25) is 5.02 Å². The first-order chi connectivity index (χ1) is 9.79. The molecule has 2 aromatic rings. The summed E-state index contributed by atoms with van der Waals surface area (Å²) in [6.45, 7) is 6.50. The van der Waals surface area contributed by atoms with E-state index >= 15 is 0 Å². The van der Waals surface area contributed by atoms with Gasteiger partial charge in [-0.05, 0) is 61.7 Å². The first kappa shape index (κ1) is 14.9. The van der Waals surface area contributed by atoms with E-state index in [1.165, 1.54) is 12.8 Å². The van der Waals surface area contributed by atoms with Crippen LogP contribution in [-0.2, 0) is 5.54 Å². The molecule has 2 N–H and O–H groups in total. The number of rotatable bonds is 2. The van der Waals surface area contributed by atoms with Crippen molar-refractivity contribution in [3.63, 3.8) is 0 Å². The molecule has 1 aliphatic rings. The van der Waals surface area contributed by atoms with Crippen molar-refractivity contribution in [3.05, 3.63) is 33.5 Å². The topological polar surface area (TPSA) is 43.8 Å². The number of imidazole rings is 1. The van der Waals surface area contributed by atoms with Crippen LogP contribution in [0.25, 0.3) is 11.3 Å². The molecule has 1 aromatic heterocycles. The minimum absolute atomic E-state index is 0.0725. The number of anilines is 1. The molecule has 1 aliphatic carbocycles. The van der Waals surface area contributed by atoms with Crippen molar-refractivity contribution in [1.29, 1.82) is 0 Å². The Balaban J connectivity index is 2.17. The van der Waals surface area contributed by atoms with Crippen molar-refractivity contribution in [2.75, 3.05) is 5.73 Å². The summed E-state index contributed by atoms with van der Waals surface area (Å²) in [7, 11) is 0. The minimum Gasteiger partial charge on any atom is -0.383 e. The SMILES string of the molecule is CC(C)(C)n1c(C2CC2)nc(-c2ccc(Cl)c(Br)c2)c1N. The number of nitrogen functional groups attached to an aromatic ring is 1. The smallest absolute Gasteiger partial charge is 0.132 e. The highest BCUT2D eigenvalue weighted by Crippen LogP contribution is 2.44. The highest BCUT2D eigenvalue weighted by molar-refractivity contribution is 9.10. The van der Waals surface area contributed by atoms with E-state index < -0.39 is 0 Å². The molecule has 0 bridgehead atoms. The number of nitrogens with zero attached hydrogens (tertiary/aromatic N) is 2.